The van der Waals surface area contributed by atoms with Crippen LogP contribution in [0.25, 0.3) is 0 Å². The lowest BCUT2D eigenvalue weighted by Gasteiger charge is -2.05. The summed E-state index contributed by atoms with van der Waals surface area (Å²) in [6.07, 6.45) is 4.14. The number of fused-ring (bicyclic) bond motifs is 1. The summed E-state index contributed by atoms with van der Waals surface area (Å²) in [4.78, 5) is 21.6. The third kappa shape index (κ3) is 1.10. The van der Waals surface area contributed by atoms with Gasteiger partial charge in [0.25, 0.3) is 0 Å². The van der Waals surface area contributed by atoms with Crippen LogP contribution in [0, 0.1) is 0 Å². The van der Waals surface area contributed by atoms with Gasteiger partial charge in [-0.3, -0.25) is 4.68 Å². The quantitative estimate of drug-likeness (QED) is 0.668. The van der Waals surface area contributed by atoms with Crippen LogP contribution in [0.5, 0.6) is 0 Å². The number of aldehydes is 2. The largest absolute Gasteiger partial charge is 0.303 e. The molecule has 0 aliphatic heterocycles. The van der Waals surface area contributed by atoms with Crippen LogP contribution in [0.1, 0.15) is 36.4 Å². The molecule has 0 radical (unpaired) electrons. The topological polar surface area (TPSA) is 52.0 Å². The molecule has 1 aromatic rings. The van der Waals surface area contributed by atoms with Crippen LogP contribution in [-0.4, -0.2) is 22.4 Å². The van der Waals surface area contributed by atoms with E-state index in [0.717, 1.165) is 30.4 Å². The first kappa shape index (κ1) is 9.12. The number of aromatic nitrogens is 2. The zero-order valence-electron chi connectivity index (χ0n) is 8.01. The van der Waals surface area contributed by atoms with E-state index in [0.29, 0.717) is 6.42 Å². The number of hydrogen-bond acceptors (Lipinski definition) is 3. The second-order valence-corrected chi connectivity index (χ2v) is 3.52. The maximum absolute atomic E-state index is 10.8. The highest BCUT2D eigenvalue weighted by Crippen LogP contribution is 2.39. The monoisotopic (exact) mass is 192 g/mol. The van der Waals surface area contributed by atoms with Crippen LogP contribution in [0.3, 0.4) is 0 Å². The van der Waals surface area contributed by atoms with Gasteiger partial charge in [0.2, 0.25) is 0 Å². The van der Waals surface area contributed by atoms with Crippen molar-refractivity contribution in [1.29, 1.82) is 0 Å². The fourth-order valence-electron chi connectivity index (χ4n) is 2.11. The van der Waals surface area contributed by atoms with Crippen molar-refractivity contribution in [2.24, 2.45) is 0 Å². The van der Waals surface area contributed by atoms with Crippen LogP contribution >= 0.6 is 0 Å². The normalized spacial score (nSPS) is 24.6. The molecule has 0 N–H and O–H groups in total. The number of hydrogen-bond donors (Lipinski definition) is 0. The lowest BCUT2D eigenvalue weighted by molar-refractivity contribution is -0.110. The molecule has 0 spiro atoms. The van der Waals surface area contributed by atoms with Gasteiger partial charge < -0.3 is 9.59 Å². The molecule has 1 aliphatic carbocycles. The summed E-state index contributed by atoms with van der Waals surface area (Å²) in [7, 11) is 0. The molecule has 4 heteroatoms. The minimum atomic E-state index is -0.150. The Morgan fingerprint density at radius 3 is 2.79 bits per heavy atom. The molecule has 1 heterocycles. The molecule has 1 aromatic heterocycles. The van der Waals surface area contributed by atoms with Crippen molar-refractivity contribution in [3.63, 3.8) is 0 Å². The summed E-state index contributed by atoms with van der Waals surface area (Å²) < 4.78 is 1.80. The van der Waals surface area contributed by atoms with Crippen molar-refractivity contribution in [3.05, 3.63) is 17.5 Å². The number of carbonyl (C=O) groups excluding carboxylic acids is 2. The number of carbonyl (C=O) groups is 2. The smallest absolute Gasteiger partial charge is 0.129 e. The fourth-order valence-corrected chi connectivity index (χ4v) is 2.11. The van der Waals surface area contributed by atoms with Gasteiger partial charge in [-0.05, 0) is 13.3 Å². The first-order chi connectivity index (χ1) is 6.81. The predicted octanol–water partition coefficient (Wildman–Crippen LogP) is 0.872. The molecule has 74 valence electrons. The van der Waals surface area contributed by atoms with Crippen molar-refractivity contribution in [3.8, 4) is 0 Å². The van der Waals surface area contributed by atoms with Crippen molar-refractivity contribution in [2.75, 3.05) is 0 Å². The van der Waals surface area contributed by atoms with Gasteiger partial charge in [-0.1, -0.05) is 0 Å². The Morgan fingerprint density at radius 2 is 2.21 bits per heavy atom. The van der Waals surface area contributed by atoms with Crippen LogP contribution in [0.2, 0.25) is 0 Å². The molecule has 0 saturated heterocycles. The molecular formula is C10H12N2O2. The highest BCUT2D eigenvalue weighted by atomic mass is 16.1. The van der Waals surface area contributed by atoms with E-state index in [1.807, 2.05) is 6.92 Å². The molecule has 2 rings (SSSR count). The first-order valence-corrected chi connectivity index (χ1v) is 4.78. The Balaban J connectivity index is 2.49. The van der Waals surface area contributed by atoms with Gasteiger partial charge in [0.15, 0.2) is 0 Å². The summed E-state index contributed by atoms with van der Waals surface area (Å²) in [5.41, 5.74) is 1.86. The van der Waals surface area contributed by atoms with Gasteiger partial charge in [0, 0.05) is 18.0 Å². The highest BCUT2D eigenvalue weighted by Gasteiger charge is 2.34. The standard InChI is InChI=1S/C10H12N2O2/c1-2-12-10-8(6-14)3-7(5-13)9(10)4-11-12/h4-8H,2-3H2,1H3. The molecule has 0 saturated carbocycles. The van der Waals surface area contributed by atoms with Crippen molar-refractivity contribution >= 4 is 12.6 Å². The van der Waals surface area contributed by atoms with Crippen LogP contribution in [-0.2, 0) is 16.1 Å². The zero-order chi connectivity index (χ0) is 10.1. The summed E-state index contributed by atoms with van der Waals surface area (Å²) in [5, 5.41) is 4.15. The Bertz CT molecular complexity index is 370. The predicted molar refractivity (Wildman–Crippen MR) is 50.1 cm³/mol. The molecule has 0 amide bonds. The summed E-state index contributed by atoms with van der Waals surface area (Å²) in [6, 6.07) is 0. The van der Waals surface area contributed by atoms with Crippen molar-refractivity contribution in [2.45, 2.75) is 31.7 Å². The molecule has 0 bridgehead atoms. The van der Waals surface area contributed by atoms with E-state index in [1.165, 1.54) is 0 Å². The van der Waals surface area contributed by atoms with E-state index in [1.54, 1.807) is 10.9 Å². The van der Waals surface area contributed by atoms with Gasteiger partial charge in [-0.2, -0.15) is 5.10 Å². The minimum absolute atomic E-state index is 0.138. The van der Waals surface area contributed by atoms with Gasteiger partial charge in [0.05, 0.1) is 17.8 Å². The summed E-state index contributed by atoms with van der Waals surface area (Å²) in [6.45, 7) is 2.72. The zero-order valence-corrected chi connectivity index (χ0v) is 8.01. The fraction of sp³-hybridized carbons (Fsp3) is 0.500. The summed E-state index contributed by atoms with van der Waals surface area (Å²) in [5.74, 6) is -0.289. The van der Waals surface area contributed by atoms with Crippen LogP contribution < -0.4 is 0 Å². The van der Waals surface area contributed by atoms with Gasteiger partial charge in [-0.15, -0.1) is 0 Å². The molecule has 0 aromatic carbocycles. The number of nitrogens with zero attached hydrogens (tertiary/aromatic N) is 2. The van der Waals surface area contributed by atoms with Gasteiger partial charge >= 0.3 is 0 Å². The van der Waals surface area contributed by atoms with Crippen LogP contribution in [0.15, 0.2) is 6.20 Å². The third-order valence-corrected chi connectivity index (χ3v) is 2.80. The Labute approximate surface area is 81.9 Å². The molecule has 2 atom stereocenters. The van der Waals surface area contributed by atoms with E-state index in [9.17, 15) is 9.59 Å². The van der Waals surface area contributed by atoms with E-state index in [2.05, 4.69) is 5.10 Å². The van der Waals surface area contributed by atoms with E-state index in [-0.39, 0.29) is 11.8 Å². The number of aryl methyl sites for hydroxylation is 1. The SMILES string of the molecule is CCn1ncc2c1C(C=O)CC2C=O. The van der Waals surface area contributed by atoms with E-state index < -0.39 is 0 Å². The highest BCUT2D eigenvalue weighted by molar-refractivity contribution is 5.72. The molecule has 1 aliphatic rings. The molecular weight excluding hydrogens is 180 g/mol. The van der Waals surface area contributed by atoms with Crippen molar-refractivity contribution < 1.29 is 9.59 Å². The Kier molecular flexibility index (Phi) is 2.19. The average Bonchev–Trinajstić information content (AvgIpc) is 2.75. The molecule has 2 unspecified atom stereocenters. The van der Waals surface area contributed by atoms with Crippen molar-refractivity contribution in [1.82, 2.24) is 9.78 Å². The summed E-state index contributed by atoms with van der Waals surface area (Å²) >= 11 is 0. The van der Waals surface area contributed by atoms with Gasteiger partial charge in [-0.25, -0.2) is 0 Å². The lowest BCUT2D eigenvalue weighted by Crippen LogP contribution is -2.06. The Hall–Kier alpha value is -1.45. The molecule has 14 heavy (non-hydrogen) atoms. The van der Waals surface area contributed by atoms with Crippen LogP contribution in [0.4, 0.5) is 0 Å². The minimum Gasteiger partial charge on any atom is -0.303 e. The lowest BCUT2D eigenvalue weighted by atomic mass is 10.0. The molecule has 4 nitrogen and oxygen atoms in total. The second kappa shape index (κ2) is 3.36. The average molecular weight is 192 g/mol. The van der Waals surface area contributed by atoms with E-state index >= 15 is 0 Å². The number of rotatable bonds is 3. The second-order valence-electron chi connectivity index (χ2n) is 3.52. The Morgan fingerprint density at radius 1 is 1.50 bits per heavy atom. The maximum Gasteiger partial charge on any atom is 0.129 e. The first-order valence-electron chi connectivity index (χ1n) is 4.78. The maximum atomic E-state index is 10.8. The van der Waals surface area contributed by atoms with E-state index in [4.69, 9.17) is 0 Å². The molecule has 0 fully saturated rings. The van der Waals surface area contributed by atoms with Gasteiger partial charge in [0.1, 0.15) is 12.6 Å². The third-order valence-electron chi connectivity index (χ3n) is 2.80.